The smallest absolute Gasteiger partial charge is 0.270 e. The van der Waals surface area contributed by atoms with Gasteiger partial charge in [-0.25, -0.2) is 4.90 Å². The van der Waals surface area contributed by atoms with Crippen LogP contribution in [0, 0.1) is 0 Å². The Kier molecular flexibility index (Phi) is 4.22. The van der Waals surface area contributed by atoms with Crippen molar-refractivity contribution < 1.29 is 14.3 Å². The van der Waals surface area contributed by atoms with Crippen LogP contribution in [0.1, 0.15) is 4.88 Å². The number of hydrogen-bond acceptors (Lipinski definition) is 5. The molecular weight excluding hydrogens is 332 g/mol. The molecule has 0 bridgehead atoms. The van der Waals surface area contributed by atoms with E-state index in [4.69, 9.17) is 17.0 Å². The van der Waals surface area contributed by atoms with Crippen LogP contribution in [-0.4, -0.2) is 24.0 Å². The molecule has 1 N–H and O–H groups in total. The molecule has 7 heteroatoms. The van der Waals surface area contributed by atoms with Gasteiger partial charge in [0.2, 0.25) is 0 Å². The van der Waals surface area contributed by atoms with Crippen LogP contribution in [0.3, 0.4) is 0 Å². The first-order valence-electron chi connectivity index (χ1n) is 6.70. The topological polar surface area (TPSA) is 58.6 Å². The van der Waals surface area contributed by atoms with Gasteiger partial charge in [-0.15, -0.1) is 11.3 Å². The van der Waals surface area contributed by atoms with E-state index in [0.717, 1.165) is 4.88 Å². The van der Waals surface area contributed by atoms with Gasteiger partial charge in [0.05, 0.1) is 12.8 Å². The summed E-state index contributed by atoms with van der Waals surface area (Å²) in [6, 6.07) is 10.7. The number of rotatable bonds is 3. The largest absolute Gasteiger partial charge is 0.495 e. The number of anilines is 1. The molecule has 0 atom stereocenters. The number of thiophene rings is 1. The second-order valence-corrected chi connectivity index (χ2v) is 6.01. The van der Waals surface area contributed by atoms with Gasteiger partial charge >= 0.3 is 0 Å². The maximum Gasteiger partial charge on any atom is 0.270 e. The average molecular weight is 344 g/mol. The molecule has 2 heterocycles. The number of nitrogens with zero attached hydrogens (tertiary/aromatic N) is 1. The first-order valence-corrected chi connectivity index (χ1v) is 7.98. The minimum absolute atomic E-state index is 0.0342. The van der Waals surface area contributed by atoms with E-state index in [1.165, 1.54) is 23.3 Å². The molecule has 3 rings (SSSR count). The van der Waals surface area contributed by atoms with Gasteiger partial charge in [-0.3, -0.25) is 14.9 Å². The molecule has 0 unspecified atom stereocenters. The van der Waals surface area contributed by atoms with E-state index in [-0.39, 0.29) is 10.7 Å². The van der Waals surface area contributed by atoms with Gasteiger partial charge in [0, 0.05) is 4.88 Å². The van der Waals surface area contributed by atoms with E-state index in [2.05, 4.69) is 5.32 Å². The second-order valence-electron chi connectivity index (χ2n) is 4.65. The number of benzene rings is 1. The maximum absolute atomic E-state index is 12.8. The number of carbonyl (C=O) groups is 2. The van der Waals surface area contributed by atoms with Crippen molar-refractivity contribution in [2.45, 2.75) is 0 Å². The number of ether oxygens (including phenoxy) is 1. The molecule has 1 aromatic heterocycles. The van der Waals surface area contributed by atoms with Crippen molar-refractivity contribution in [3.8, 4) is 5.75 Å². The van der Waals surface area contributed by atoms with Gasteiger partial charge in [0.25, 0.3) is 11.8 Å². The summed E-state index contributed by atoms with van der Waals surface area (Å²) >= 11 is 6.61. The summed E-state index contributed by atoms with van der Waals surface area (Å²) in [6.45, 7) is 0. The lowest BCUT2D eigenvalue weighted by atomic mass is 10.1. The zero-order valence-electron chi connectivity index (χ0n) is 12.1. The summed E-state index contributed by atoms with van der Waals surface area (Å²) in [5.74, 6) is -0.481. The lowest BCUT2D eigenvalue weighted by molar-refractivity contribution is -0.122. The minimum Gasteiger partial charge on any atom is -0.495 e. The fraction of sp³-hybridized carbons (Fsp3) is 0.0625. The summed E-state index contributed by atoms with van der Waals surface area (Å²) in [4.78, 5) is 27.0. The number of nitrogens with one attached hydrogen (secondary N) is 1. The molecule has 0 saturated carbocycles. The monoisotopic (exact) mass is 344 g/mol. The molecule has 1 saturated heterocycles. The molecule has 1 fully saturated rings. The molecule has 1 aromatic carbocycles. The normalized spacial score (nSPS) is 16.7. The van der Waals surface area contributed by atoms with Crippen molar-refractivity contribution in [1.29, 1.82) is 0 Å². The van der Waals surface area contributed by atoms with E-state index in [1.54, 1.807) is 30.3 Å². The number of hydrogen-bond donors (Lipinski definition) is 1. The standard InChI is InChI=1S/C16H12N2O3S2/c1-21-13-7-3-2-6-12(13)18-15(20)11(14(19)17-16(18)22)9-10-5-4-8-23-10/h2-9H,1H3,(H,17,19,22)/b11-9+. The maximum atomic E-state index is 12.8. The first kappa shape index (κ1) is 15.4. The Labute approximate surface area is 142 Å². The van der Waals surface area contributed by atoms with Gasteiger partial charge in [-0.2, -0.15) is 0 Å². The van der Waals surface area contributed by atoms with Gasteiger partial charge in [-0.05, 0) is 41.9 Å². The van der Waals surface area contributed by atoms with Crippen molar-refractivity contribution in [2.75, 3.05) is 12.0 Å². The zero-order chi connectivity index (χ0) is 16.4. The van der Waals surface area contributed by atoms with Gasteiger partial charge in [-0.1, -0.05) is 18.2 Å². The zero-order valence-corrected chi connectivity index (χ0v) is 13.7. The minimum atomic E-state index is -0.500. The van der Waals surface area contributed by atoms with Crippen molar-refractivity contribution in [2.24, 2.45) is 0 Å². The fourth-order valence-corrected chi connectivity index (χ4v) is 3.14. The third kappa shape index (κ3) is 2.88. The summed E-state index contributed by atoms with van der Waals surface area (Å²) in [5.41, 5.74) is 0.522. The molecule has 2 amide bonds. The molecule has 23 heavy (non-hydrogen) atoms. The predicted molar refractivity (Wildman–Crippen MR) is 93.5 cm³/mol. The lowest BCUT2D eigenvalue weighted by Gasteiger charge is -2.29. The van der Waals surface area contributed by atoms with Crippen LogP contribution in [0.5, 0.6) is 5.75 Å². The molecule has 5 nitrogen and oxygen atoms in total. The Morgan fingerprint density at radius 2 is 2.00 bits per heavy atom. The van der Waals surface area contributed by atoms with Crippen molar-refractivity contribution in [3.05, 3.63) is 52.2 Å². The Hall–Kier alpha value is -2.51. The number of carbonyl (C=O) groups excluding carboxylic acids is 2. The lowest BCUT2D eigenvalue weighted by Crippen LogP contribution is -2.54. The highest BCUT2D eigenvalue weighted by Crippen LogP contribution is 2.31. The number of para-hydroxylation sites is 2. The van der Waals surface area contributed by atoms with Crippen molar-refractivity contribution in [3.63, 3.8) is 0 Å². The van der Waals surface area contributed by atoms with Crippen LogP contribution in [0.4, 0.5) is 5.69 Å². The van der Waals surface area contributed by atoms with Gasteiger partial charge in [0.15, 0.2) is 5.11 Å². The van der Waals surface area contributed by atoms with Crippen LogP contribution < -0.4 is 15.0 Å². The van der Waals surface area contributed by atoms with Gasteiger partial charge in [0.1, 0.15) is 11.3 Å². The average Bonchev–Trinajstić information content (AvgIpc) is 3.05. The quantitative estimate of drug-likeness (QED) is 0.528. The summed E-state index contributed by atoms with van der Waals surface area (Å²) in [7, 11) is 1.51. The summed E-state index contributed by atoms with van der Waals surface area (Å²) in [5, 5.41) is 4.46. The SMILES string of the molecule is COc1ccccc1N1C(=O)/C(=C/c2cccs2)C(=O)NC1=S. The second kappa shape index (κ2) is 6.31. The molecule has 0 aliphatic carbocycles. The van der Waals surface area contributed by atoms with E-state index in [0.29, 0.717) is 11.4 Å². The Morgan fingerprint density at radius 1 is 1.22 bits per heavy atom. The number of methoxy groups -OCH3 is 1. The molecule has 1 aliphatic rings. The van der Waals surface area contributed by atoms with Crippen LogP contribution in [-0.2, 0) is 9.59 Å². The molecule has 1 aliphatic heterocycles. The summed E-state index contributed by atoms with van der Waals surface area (Å²) in [6.07, 6.45) is 1.56. The van der Waals surface area contributed by atoms with Gasteiger partial charge < -0.3 is 4.74 Å². The van der Waals surface area contributed by atoms with E-state index in [1.807, 2.05) is 17.5 Å². The van der Waals surface area contributed by atoms with Crippen molar-refractivity contribution >= 4 is 52.2 Å². The van der Waals surface area contributed by atoms with E-state index in [9.17, 15) is 9.59 Å². The molecule has 2 aromatic rings. The Balaban J connectivity index is 2.05. The number of thiocarbonyl (C=S) groups is 1. The molecule has 0 radical (unpaired) electrons. The molecule has 116 valence electrons. The van der Waals surface area contributed by atoms with Crippen LogP contribution in [0.25, 0.3) is 6.08 Å². The van der Waals surface area contributed by atoms with Crippen LogP contribution in [0.15, 0.2) is 47.4 Å². The van der Waals surface area contributed by atoms with Crippen LogP contribution >= 0.6 is 23.6 Å². The fourth-order valence-electron chi connectivity index (χ4n) is 2.21. The highest BCUT2D eigenvalue weighted by molar-refractivity contribution is 7.80. The Morgan fingerprint density at radius 3 is 2.70 bits per heavy atom. The first-order chi connectivity index (χ1) is 11.1. The van der Waals surface area contributed by atoms with Crippen molar-refractivity contribution in [1.82, 2.24) is 5.32 Å². The summed E-state index contributed by atoms with van der Waals surface area (Å²) < 4.78 is 5.28. The van der Waals surface area contributed by atoms with E-state index < -0.39 is 11.8 Å². The number of amides is 2. The molecular formula is C16H12N2O3S2. The van der Waals surface area contributed by atoms with Crippen LogP contribution in [0.2, 0.25) is 0 Å². The highest BCUT2D eigenvalue weighted by Gasteiger charge is 2.35. The Bertz CT molecular complexity index is 812. The molecule has 0 spiro atoms. The highest BCUT2D eigenvalue weighted by atomic mass is 32.1. The third-order valence-corrected chi connectivity index (χ3v) is 4.36. The predicted octanol–water partition coefficient (Wildman–Crippen LogP) is 2.59. The third-order valence-electron chi connectivity index (χ3n) is 3.26. The van der Waals surface area contributed by atoms with E-state index >= 15 is 0 Å².